The first kappa shape index (κ1) is 9.69. The van der Waals surface area contributed by atoms with E-state index in [1.807, 2.05) is 0 Å². The van der Waals surface area contributed by atoms with Gasteiger partial charge in [0.1, 0.15) is 0 Å². The van der Waals surface area contributed by atoms with Gasteiger partial charge in [-0.3, -0.25) is 0 Å². The lowest BCUT2D eigenvalue weighted by atomic mass is 9.96. The zero-order chi connectivity index (χ0) is 9.97. The van der Waals surface area contributed by atoms with Gasteiger partial charge in [-0.1, -0.05) is 29.8 Å². The van der Waals surface area contributed by atoms with Crippen LogP contribution in [0.2, 0.25) is 0 Å². The molecule has 0 atom stereocenters. The summed E-state index contributed by atoms with van der Waals surface area (Å²) in [6.07, 6.45) is 0.455. The summed E-state index contributed by atoms with van der Waals surface area (Å²) in [5, 5.41) is 6.87. The Balaban J connectivity index is 2.05. The molecule has 1 fully saturated rings. The van der Waals surface area contributed by atoms with E-state index in [-0.39, 0.29) is 0 Å². The third-order valence-electron chi connectivity index (χ3n) is 2.89. The summed E-state index contributed by atoms with van der Waals surface area (Å²) in [5.74, 6) is 0.617. The van der Waals surface area contributed by atoms with Crippen molar-refractivity contribution in [1.82, 2.24) is 10.6 Å². The van der Waals surface area contributed by atoms with E-state index in [9.17, 15) is 0 Å². The Bertz CT molecular complexity index is 284. The van der Waals surface area contributed by atoms with Gasteiger partial charge in [-0.2, -0.15) is 0 Å². The van der Waals surface area contributed by atoms with Gasteiger partial charge in [0.25, 0.3) is 0 Å². The van der Waals surface area contributed by atoms with Gasteiger partial charge in [0.2, 0.25) is 0 Å². The molecule has 2 N–H and O–H groups in total. The molecule has 0 radical (unpaired) electrons. The Hall–Kier alpha value is -0.860. The summed E-state index contributed by atoms with van der Waals surface area (Å²) in [6.45, 7) is 6.45. The normalized spacial score (nSPS) is 27.6. The van der Waals surface area contributed by atoms with Crippen LogP contribution in [0.15, 0.2) is 24.3 Å². The third-order valence-corrected chi connectivity index (χ3v) is 2.89. The molecule has 2 nitrogen and oxygen atoms in total. The molecule has 0 saturated carbocycles. The molecule has 14 heavy (non-hydrogen) atoms. The topological polar surface area (TPSA) is 24.1 Å². The van der Waals surface area contributed by atoms with E-state index in [0.717, 1.165) is 13.1 Å². The second-order valence-corrected chi connectivity index (χ2v) is 4.15. The predicted octanol–water partition coefficient (Wildman–Crippen LogP) is 1.62. The molecular weight excluding hydrogens is 172 g/mol. The lowest BCUT2D eigenvalue weighted by molar-refractivity contribution is 0.361. The first-order valence-electron chi connectivity index (χ1n) is 5.29. The van der Waals surface area contributed by atoms with Gasteiger partial charge >= 0.3 is 0 Å². The second-order valence-electron chi connectivity index (χ2n) is 4.15. The molecule has 1 aliphatic heterocycles. The minimum Gasteiger partial charge on any atom is -0.301 e. The van der Waals surface area contributed by atoms with Crippen molar-refractivity contribution >= 4 is 0 Å². The van der Waals surface area contributed by atoms with Crippen LogP contribution in [0.4, 0.5) is 0 Å². The highest BCUT2D eigenvalue weighted by Crippen LogP contribution is 2.17. The molecule has 0 amide bonds. The van der Waals surface area contributed by atoms with Crippen molar-refractivity contribution in [2.75, 3.05) is 13.1 Å². The number of hydrogen-bond acceptors (Lipinski definition) is 2. The maximum Gasteiger partial charge on any atom is 0.0542 e. The zero-order valence-electron chi connectivity index (χ0n) is 8.88. The maximum absolute atomic E-state index is 3.43. The van der Waals surface area contributed by atoms with Crippen LogP contribution in [0, 0.1) is 6.92 Å². The molecule has 1 aromatic rings. The lowest BCUT2D eigenvalue weighted by Crippen LogP contribution is -2.49. The van der Waals surface area contributed by atoms with Gasteiger partial charge in [-0.25, -0.2) is 0 Å². The number of rotatable bonds is 1. The summed E-state index contributed by atoms with van der Waals surface area (Å²) in [7, 11) is 0. The van der Waals surface area contributed by atoms with Crippen LogP contribution >= 0.6 is 0 Å². The highest BCUT2D eigenvalue weighted by Gasteiger charge is 2.17. The van der Waals surface area contributed by atoms with Gasteiger partial charge < -0.3 is 10.6 Å². The lowest BCUT2D eigenvalue weighted by Gasteiger charge is -2.29. The van der Waals surface area contributed by atoms with Crippen LogP contribution < -0.4 is 10.6 Å². The van der Waals surface area contributed by atoms with Crippen LogP contribution in [0.5, 0.6) is 0 Å². The van der Waals surface area contributed by atoms with Gasteiger partial charge in [-0.15, -0.1) is 0 Å². The fourth-order valence-corrected chi connectivity index (χ4v) is 1.86. The number of aryl methyl sites for hydroxylation is 1. The Kier molecular flexibility index (Phi) is 2.85. The molecule has 1 aromatic carbocycles. The Morgan fingerprint density at radius 1 is 1.07 bits per heavy atom. The zero-order valence-corrected chi connectivity index (χ0v) is 8.88. The highest BCUT2D eigenvalue weighted by atomic mass is 15.1. The van der Waals surface area contributed by atoms with Gasteiger partial charge in [0, 0.05) is 19.0 Å². The van der Waals surface area contributed by atoms with Crippen molar-refractivity contribution in [3.8, 4) is 0 Å². The highest BCUT2D eigenvalue weighted by molar-refractivity contribution is 5.25. The summed E-state index contributed by atoms with van der Waals surface area (Å²) >= 11 is 0. The fraction of sp³-hybridized carbons (Fsp3) is 0.500. The van der Waals surface area contributed by atoms with Crippen LogP contribution in [-0.4, -0.2) is 19.3 Å². The molecule has 2 rings (SSSR count). The van der Waals surface area contributed by atoms with Crippen molar-refractivity contribution in [3.05, 3.63) is 35.4 Å². The fourth-order valence-electron chi connectivity index (χ4n) is 1.86. The van der Waals surface area contributed by atoms with Gasteiger partial charge in [-0.05, 0) is 19.4 Å². The van der Waals surface area contributed by atoms with Crippen LogP contribution in [0.3, 0.4) is 0 Å². The van der Waals surface area contributed by atoms with Crippen LogP contribution in [0.25, 0.3) is 0 Å². The van der Waals surface area contributed by atoms with Gasteiger partial charge in [0.15, 0.2) is 0 Å². The van der Waals surface area contributed by atoms with Crippen molar-refractivity contribution in [1.29, 1.82) is 0 Å². The quantitative estimate of drug-likeness (QED) is 0.703. The largest absolute Gasteiger partial charge is 0.301 e. The number of benzene rings is 1. The second kappa shape index (κ2) is 4.11. The van der Waals surface area contributed by atoms with Crippen molar-refractivity contribution in [2.24, 2.45) is 0 Å². The molecule has 1 aliphatic rings. The molecule has 0 spiro atoms. The Labute approximate surface area is 85.7 Å². The molecule has 0 unspecified atom stereocenters. The van der Waals surface area contributed by atoms with E-state index in [0.29, 0.717) is 12.1 Å². The molecule has 76 valence electrons. The molecule has 2 heteroatoms. The average molecular weight is 190 g/mol. The van der Waals surface area contributed by atoms with Gasteiger partial charge in [0.05, 0.1) is 6.17 Å². The number of nitrogens with one attached hydrogen (secondary N) is 2. The Morgan fingerprint density at radius 3 is 2.21 bits per heavy atom. The summed E-state index contributed by atoms with van der Waals surface area (Å²) in [6, 6.07) is 8.85. The summed E-state index contributed by atoms with van der Waals surface area (Å²) < 4.78 is 0. The van der Waals surface area contributed by atoms with Crippen molar-refractivity contribution in [3.63, 3.8) is 0 Å². The third kappa shape index (κ3) is 2.14. The minimum atomic E-state index is 0.455. The molecule has 0 bridgehead atoms. The summed E-state index contributed by atoms with van der Waals surface area (Å²) in [4.78, 5) is 0. The molecule has 1 saturated heterocycles. The van der Waals surface area contributed by atoms with Crippen molar-refractivity contribution in [2.45, 2.75) is 25.9 Å². The SMILES string of the molecule is Cc1ccc(C2CNC(C)NC2)cc1. The first-order valence-corrected chi connectivity index (χ1v) is 5.29. The van der Waals surface area contributed by atoms with Crippen LogP contribution in [0.1, 0.15) is 24.0 Å². The Morgan fingerprint density at radius 2 is 1.64 bits per heavy atom. The van der Waals surface area contributed by atoms with E-state index >= 15 is 0 Å². The van der Waals surface area contributed by atoms with E-state index < -0.39 is 0 Å². The molecule has 0 aliphatic carbocycles. The average Bonchev–Trinajstić information content (AvgIpc) is 2.21. The van der Waals surface area contributed by atoms with Crippen LogP contribution in [-0.2, 0) is 0 Å². The molecule has 0 aromatic heterocycles. The molecule has 1 heterocycles. The number of hydrogen-bond donors (Lipinski definition) is 2. The van der Waals surface area contributed by atoms with E-state index in [2.05, 4.69) is 48.7 Å². The van der Waals surface area contributed by atoms with E-state index in [4.69, 9.17) is 0 Å². The summed E-state index contributed by atoms with van der Waals surface area (Å²) in [5.41, 5.74) is 2.77. The predicted molar refractivity (Wildman–Crippen MR) is 59.4 cm³/mol. The monoisotopic (exact) mass is 190 g/mol. The van der Waals surface area contributed by atoms with E-state index in [1.165, 1.54) is 11.1 Å². The maximum atomic E-state index is 3.43. The van der Waals surface area contributed by atoms with Crippen molar-refractivity contribution < 1.29 is 0 Å². The smallest absolute Gasteiger partial charge is 0.0542 e. The first-order chi connectivity index (χ1) is 6.75. The minimum absolute atomic E-state index is 0.455. The standard InChI is InChI=1S/C12H18N2/c1-9-3-5-11(6-4-9)12-7-13-10(2)14-8-12/h3-6,10,12-14H,7-8H2,1-2H3. The van der Waals surface area contributed by atoms with E-state index in [1.54, 1.807) is 0 Å². The molecular formula is C12H18N2.